The van der Waals surface area contributed by atoms with Crippen molar-refractivity contribution in [3.05, 3.63) is 51.1 Å². The lowest BCUT2D eigenvalue weighted by Gasteiger charge is -2.30. The van der Waals surface area contributed by atoms with Crippen LogP contribution >= 0.6 is 27.3 Å². The normalized spacial score (nSPS) is 16.7. The highest BCUT2D eigenvalue weighted by Crippen LogP contribution is 2.27. The molecular weight excluding hydrogens is 412 g/mol. The smallest absolute Gasteiger partial charge is 0.258 e. The van der Waals surface area contributed by atoms with E-state index in [-0.39, 0.29) is 18.6 Å². The number of carbonyl (C=O) groups excluding carboxylic acids is 1. The number of thiophene rings is 1. The summed E-state index contributed by atoms with van der Waals surface area (Å²) in [5.74, 6) is 0.620. The summed E-state index contributed by atoms with van der Waals surface area (Å²) in [6.07, 6.45) is 5.09. The van der Waals surface area contributed by atoms with E-state index in [1.807, 2.05) is 24.3 Å². The zero-order chi connectivity index (χ0) is 18.2. The number of nitrogens with zero attached hydrogens (tertiary/aromatic N) is 1. The fourth-order valence-corrected chi connectivity index (χ4v) is 4.36. The zero-order valence-corrected chi connectivity index (χ0v) is 17.2. The maximum Gasteiger partial charge on any atom is 0.258 e. The second-order valence-electron chi connectivity index (χ2n) is 6.53. The van der Waals surface area contributed by atoms with Crippen LogP contribution in [0.3, 0.4) is 0 Å². The molecule has 0 bridgehead atoms. The number of halogens is 1. The van der Waals surface area contributed by atoms with Crippen LogP contribution in [0, 0.1) is 0 Å². The molecule has 1 saturated heterocycles. The predicted octanol–water partition coefficient (Wildman–Crippen LogP) is 4.62. The maximum absolute atomic E-state index is 12.2. The van der Waals surface area contributed by atoms with Crippen molar-refractivity contribution in [1.29, 1.82) is 0 Å². The monoisotopic (exact) mass is 436 g/mol. The van der Waals surface area contributed by atoms with Crippen molar-refractivity contribution in [3.8, 4) is 5.75 Å². The van der Waals surface area contributed by atoms with E-state index < -0.39 is 0 Å². The van der Waals surface area contributed by atoms with E-state index in [4.69, 9.17) is 4.74 Å². The Bertz CT molecular complexity index is 668. The lowest BCUT2D eigenvalue weighted by Crippen LogP contribution is -2.39. The van der Waals surface area contributed by atoms with Gasteiger partial charge in [0, 0.05) is 15.9 Å². The third-order valence-corrected chi connectivity index (χ3v) is 6.13. The Hall–Kier alpha value is -1.37. The lowest BCUT2D eigenvalue weighted by molar-refractivity contribution is -0.123. The second-order valence-corrected chi connectivity index (χ2v) is 8.42. The predicted molar refractivity (Wildman–Crippen MR) is 110 cm³/mol. The molecule has 0 saturated carbocycles. The number of likely N-dealkylation sites (tertiary alicyclic amines) is 1. The van der Waals surface area contributed by atoms with Crippen LogP contribution in [0.2, 0.25) is 0 Å². The van der Waals surface area contributed by atoms with Gasteiger partial charge in [0.05, 0.1) is 6.04 Å². The number of hydrogen-bond acceptors (Lipinski definition) is 4. The molecule has 6 heteroatoms. The Morgan fingerprint density at radius 3 is 2.54 bits per heavy atom. The number of benzene rings is 1. The van der Waals surface area contributed by atoms with Gasteiger partial charge < -0.3 is 10.1 Å². The van der Waals surface area contributed by atoms with Crippen LogP contribution in [0.1, 0.15) is 36.6 Å². The van der Waals surface area contributed by atoms with Gasteiger partial charge in [0.2, 0.25) is 0 Å². The van der Waals surface area contributed by atoms with Crippen molar-refractivity contribution in [2.24, 2.45) is 0 Å². The summed E-state index contributed by atoms with van der Waals surface area (Å²) < 4.78 is 6.56. The minimum absolute atomic E-state index is 0.0405. The van der Waals surface area contributed by atoms with Gasteiger partial charge in [-0.1, -0.05) is 34.8 Å². The molecule has 0 spiro atoms. The van der Waals surface area contributed by atoms with E-state index in [2.05, 4.69) is 43.7 Å². The van der Waals surface area contributed by atoms with Crippen LogP contribution in [-0.4, -0.2) is 37.0 Å². The molecule has 0 aliphatic carbocycles. The first-order valence-corrected chi connectivity index (χ1v) is 10.8. The van der Waals surface area contributed by atoms with Crippen molar-refractivity contribution < 1.29 is 9.53 Å². The van der Waals surface area contributed by atoms with Crippen molar-refractivity contribution >= 4 is 33.2 Å². The summed E-state index contributed by atoms with van der Waals surface area (Å²) in [5.41, 5.74) is 0. The van der Waals surface area contributed by atoms with Gasteiger partial charge in [-0.25, -0.2) is 0 Å². The fourth-order valence-electron chi connectivity index (χ4n) is 3.24. The molecule has 0 radical (unpaired) electrons. The topological polar surface area (TPSA) is 41.6 Å². The quantitative estimate of drug-likeness (QED) is 0.687. The third kappa shape index (κ3) is 5.83. The van der Waals surface area contributed by atoms with E-state index in [1.165, 1.54) is 30.6 Å². The second kappa shape index (κ2) is 10.1. The Balaban J connectivity index is 1.53. The summed E-state index contributed by atoms with van der Waals surface area (Å²) in [4.78, 5) is 16.1. The summed E-state index contributed by atoms with van der Waals surface area (Å²) in [7, 11) is 0. The Labute approximate surface area is 167 Å². The zero-order valence-electron chi connectivity index (χ0n) is 14.8. The van der Waals surface area contributed by atoms with Gasteiger partial charge >= 0.3 is 0 Å². The average molecular weight is 437 g/mol. The van der Waals surface area contributed by atoms with Crippen LogP contribution < -0.4 is 10.1 Å². The molecule has 1 aliphatic rings. The minimum atomic E-state index is -0.0794. The molecule has 26 heavy (non-hydrogen) atoms. The van der Waals surface area contributed by atoms with E-state index in [0.29, 0.717) is 12.3 Å². The van der Waals surface area contributed by atoms with Gasteiger partial charge in [-0.15, -0.1) is 11.3 Å². The Morgan fingerprint density at radius 2 is 1.88 bits per heavy atom. The van der Waals surface area contributed by atoms with E-state index in [9.17, 15) is 4.79 Å². The Kier molecular flexibility index (Phi) is 7.53. The van der Waals surface area contributed by atoms with Gasteiger partial charge in [0.25, 0.3) is 5.91 Å². The average Bonchev–Trinajstić information content (AvgIpc) is 3.04. The highest BCUT2D eigenvalue weighted by Gasteiger charge is 2.23. The number of nitrogens with one attached hydrogen (secondary N) is 1. The van der Waals surface area contributed by atoms with Crippen LogP contribution in [0.15, 0.2) is 46.3 Å². The summed E-state index contributed by atoms with van der Waals surface area (Å²) in [5, 5.41) is 5.17. The molecule has 2 heterocycles. The van der Waals surface area contributed by atoms with E-state index in [0.717, 1.165) is 17.6 Å². The molecule has 1 N–H and O–H groups in total. The number of ether oxygens (including phenoxy) is 1. The third-order valence-electron chi connectivity index (χ3n) is 4.63. The number of amides is 1. The van der Waals surface area contributed by atoms with Gasteiger partial charge in [0.15, 0.2) is 6.61 Å². The number of hydrogen-bond donors (Lipinski definition) is 1. The maximum atomic E-state index is 12.2. The molecule has 1 aromatic heterocycles. The lowest BCUT2D eigenvalue weighted by atomic mass is 10.2. The SMILES string of the molecule is O=C(COc1ccc(Br)cc1)NC[C@@H](c1cccs1)N1CCCCCC1. The highest BCUT2D eigenvalue weighted by atomic mass is 79.9. The number of rotatable bonds is 7. The van der Waals surface area contributed by atoms with Crippen LogP contribution in [0.4, 0.5) is 0 Å². The van der Waals surface area contributed by atoms with Crippen LogP contribution in [-0.2, 0) is 4.79 Å². The molecule has 140 valence electrons. The van der Waals surface area contributed by atoms with Crippen molar-refractivity contribution in [3.63, 3.8) is 0 Å². The Morgan fingerprint density at radius 1 is 1.15 bits per heavy atom. The van der Waals surface area contributed by atoms with Crippen molar-refractivity contribution in [1.82, 2.24) is 10.2 Å². The van der Waals surface area contributed by atoms with Crippen molar-refractivity contribution in [2.45, 2.75) is 31.7 Å². The van der Waals surface area contributed by atoms with Gasteiger partial charge in [0.1, 0.15) is 5.75 Å². The standard InChI is InChI=1S/C20H25BrN2O2S/c21-16-7-9-17(10-8-16)25-15-20(24)22-14-18(19-6-5-13-26-19)23-11-3-1-2-4-12-23/h5-10,13,18H,1-4,11-12,14-15H2,(H,22,24)/t18-/m0/s1. The highest BCUT2D eigenvalue weighted by molar-refractivity contribution is 9.10. The molecule has 1 fully saturated rings. The van der Waals surface area contributed by atoms with Crippen LogP contribution in [0.25, 0.3) is 0 Å². The number of carbonyl (C=O) groups is 1. The molecule has 4 nitrogen and oxygen atoms in total. The van der Waals surface area contributed by atoms with E-state index in [1.54, 1.807) is 11.3 Å². The van der Waals surface area contributed by atoms with Gasteiger partial charge in [-0.3, -0.25) is 9.69 Å². The largest absolute Gasteiger partial charge is 0.484 e. The first kappa shape index (κ1) is 19.4. The molecule has 1 aromatic carbocycles. The molecule has 1 amide bonds. The van der Waals surface area contributed by atoms with Gasteiger partial charge in [-0.2, -0.15) is 0 Å². The molecule has 1 atom stereocenters. The molecule has 0 unspecified atom stereocenters. The summed E-state index contributed by atoms with van der Waals surface area (Å²) in [6.45, 7) is 2.88. The summed E-state index contributed by atoms with van der Waals surface area (Å²) >= 11 is 5.16. The van der Waals surface area contributed by atoms with Gasteiger partial charge in [-0.05, 0) is 61.6 Å². The molecular formula is C20H25BrN2O2S. The first-order chi connectivity index (χ1) is 12.7. The molecule has 3 rings (SSSR count). The fraction of sp³-hybridized carbons (Fsp3) is 0.450. The van der Waals surface area contributed by atoms with Crippen molar-refractivity contribution in [2.75, 3.05) is 26.2 Å². The minimum Gasteiger partial charge on any atom is -0.484 e. The molecule has 1 aliphatic heterocycles. The van der Waals surface area contributed by atoms with Crippen LogP contribution in [0.5, 0.6) is 5.75 Å². The van der Waals surface area contributed by atoms with E-state index >= 15 is 0 Å². The summed E-state index contributed by atoms with van der Waals surface area (Å²) in [6, 6.07) is 12.0. The molecule has 2 aromatic rings. The first-order valence-electron chi connectivity index (χ1n) is 9.15.